The minimum absolute atomic E-state index is 0.434. The van der Waals surface area contributed by atoms with Crippen LogP contribution in [0.5, 0.6) is 0 Å². The molecule has 3 aromatic rings. The molecule has 4 rings (SSSR count). The van der Waals surface area contributed by atoms with E-state index in [-0.39, 0.29) is 0 Å². The third-order valence-electron chi connectivity index (χ3n) is 4.69. The number of aryl methyl sites for hydroxylation is 1. The van der Waals surface area contributed by atoms with Crippen molar-refractivity contribution in [3.63, 3.8) is 0 Å². The molecule has 5 heteroatoms. The Balaban J connectivity index is 1.43. The molecule has 1 atom stereocenters. The molecule has 0 amide bonds. The molecule has 1 aliphatic heterocycles. The summed E-state index contributed by atoms with van der Waals surface area (Å²) >= 11 is 1.67. The predicted octanol–water partition coefficient (Wildman–Crippen LogP) is 4.57. The van der Waals surface area contributed by atoms with Crippen LogP contribution in [0.2, 0.25) is 0 Å². The highest BCUT2D eigenvalue weighted by Gasteiger charge is 2.23. The Hall–Kier alpha value is -2.11. The second-order valence-electron chi connectivity index (χ2n) is 6.41. The average molecular weight is 338 g/mol. The predicted molar refractivity (Wildman–Crippen MR) is 99.8 cm³/mol. The van der Waals surface area contributed by atoms with Crippen LogP contribution in [0.15, 0.2) is 48.0 Å². The van der Waals surface area contributed by atoms with Crippen molar-refractivity contribution in [3.8, 4) is 0 Å². The molecule has 3 heterocycles. The second kappa shape index (κ2) is 6.42. The van der Waals surface area contributed by atoms with Crippen molar-refractivity contribution in [2.45, 2.75) is 33.0 Å². The minimum Gasteiger partial charge on any atom is -0.349 e. The first-order valence-corrected chi connectivity index (χ1v) is 9.24. The fourth-order valence-electron chi connectivity index (χ4n) is 3.25. The fourth-order valence-corrected chi connectivity index (χ4v) is 3.97. The molecule has 1 aliphatic rings. The van der Waals surface area contributed by atoms with Crippen LogP contribution in [0.25, 0.3) is 0 Å². The van der Waals surface area contributed by atoms with Crippen LogP contribution in [0, 0.1) is 6.92 Å². The molecule has 1 unspecified atom stereocenters. The van der Waals surface area contributed by atoms with Crippen molar-refractivity contribution >= 4 is 22.2 Å². The summed E-state index contributed by atoms with van der Waals surface area (Å²) in [7, 11) is 0. The second-order valence-corrected chi connectivity index (χ2v) is 7.27. The highest BCUT2D eigenvalue weighted by Crippen LogP contribution is 2.28. The van der Waals surface area contributed by atoms with Gasteiger partial charge >= 0.3 is 0 Å². The van der Waals surface area contributed by atoms with E-state index >= 15 is 0 Å². The lowest BCUT2D eigenvalue weighted by molar-refractivity contribution is 0.159. The van der Waals surface area contributed by atoms with Gasteiger partial charge in [-0.3, -0.25) is 4.90 Å². The quantitative estimate of drug-likeness (QED) is 0.756. The summed E-state index contributed by atoms with van der Waals surface area (Å²) in [6, 6.07) is 13.2. The van der Waals surface area contributed by atoms with Crippen molar-refractivity contribution in [3.05, 3.63) is 64.9 Å². The number of anilines is 2. The van der Waals surface area contributed by atoms with Gasteiger partial charge in [-0.15, -0.1) is 11.3 Å². The zero-order valence-electron chi connectivity index (χ0n) is 14.1. The summed E-state index contributed by atoms with van der Waals surface area (Å²) < 4.78 is 2.35. The monoisotopic (exact) mass is 338 g/mol. The number of thiazole rings is 1. The summed E-state index contributed by atoms with van der Waals surface area (Å²) in [6.45, 7) is 7.41. The zero-order valence-corrected chi connectivity index (χ0v) is 14.9. The van der Waals surface area contributed by atoms with E-state index in [0.717, 1.165) is 36.1 Å². The Kier molecular flexibility index (Phi) is 4.12. The maximum absolute atomic E-state index is 4.76. The van der Waals surface area contributed by atoms with E-state index in [4.69, 9.17) is 4.98 Å². The Morgan fingerprint density at radius 3 is 2.88 bits per heavy atom. The van der Waals surface area contributed by atoms with Gasteiger partial charge in [0, 0.05) is 48.6 Å². The van der Waals surface area contributed by atoms with Crippen molar-refractivity contribution in [2.75, 3.05) is 11.9 Å². The molecular weight excluding hydrogens is 316 g/mol. The van der Waals surface area contributed by atoms with Gasteiger partial charge in [0.15, 0.2) is 5.13 Å². The summed E-state index contributed by atoms with van der Waals surface area (Å²) in [5.41, 5.74) is 4.89. The Morgan fingerprint density at radius 2 is 2.04 bits per heavy atom. The van der Waals surface area contributed by atoms with E-state index in [1.54, 1.807) is 11.3 Å². The molecule has 24 heavy (non-hydrogen) atoms. The smallest absolute Gasteiger partial charge is 0.187 e. The SMILES string of the molecule is Cc1ccc(Nc2nc(CN3CCn4cccc4C3C)cs2)cc1. The molecule has 1 N–H and O–H groups in total. The topological polar surface area (TPSA) is 33.1 Å². The van der Waals surface area contributed by atoms with E-state index in [1.807, 2.05) is 0 Å². The van der Waals surface area contributed by atoms with Crippen molar-refractivity contribution in [1.29, 1.82) is 0 Å². The molecule has 0 aliphatic carbocycles. The van der Waals surface area contributed by atoms with Crippen LogP contribution in [-0.2, 0) is 13.1 Å². The molecule has 1 aromatic carbocycles. The van der Waals surface area contributed by atoms with Gasteiger partial charge in [0.25, 0.3) is 0 Å². The Labute approximate surface area is 146 Å². The molecule has 0 saturated heterocycles. The van der Waals surface area contributed by atoms with Crippen LogP contribution in [-0.4, -0.2) is 21.0 Å². The first-order valence-electron chi connectivity index (χ1n) is 8.36. The number of benzene rings is 1. The highest BCUT2D eigenvalue weighted by molar-refractivity contribution is 7.13. The molecule has 0 radical (unpaired) electrons. The maximum atomic E-state index is 4.76. The van der Waals surface area contributed by atoms with Gasteiger partial charge in [0.05, 0.1) is 5.69 Å². The maximum Gasteiger partial charge on any atom is 0.187 e. The minimum atomic E-state index is 0.434. The Morgan fingerprint density at radius 1 is 1.21 bits per heavy atom. The molecule has 0 spiro atoms. The fraction of sp³-hybridized carbons (Fsp3) is 0.316. The van der Waals surface area contributed by atoms with Crippen LogP contribution in [0.1, 0.15) is 29.9 Å². The van der Waals surface area contributed by atoms with Crippen LogP contribution in [0.4, 0.5) is 10.8 Å². The van der Waals surface area contributed by atoms with Gasteiger partial charge < -0.3 is 9.88 Å². The van der Waals surface area contributed by atoms with Gasteiger partial charge in [-0.2, -0.15) is 0 Å². The number of rotatable bonds is 4. The molecule has 0 fully saturated rings. The van der Waals surface area contributed by atoms with Gasteiger partial charge in [-0.05, 0) is 38.1 Å². The van der Waals surface area contributed by atoms with E-state index < -0.39 is 0 Å². The third-order valence-corrected chi connectivity index (χ3v) is 5.49. The van der Waals surface area contributed by atoms with E-state index in [1.165, 1.54) is 11.3 Å². The van der Waals surface area contributed by atoms with E-state index in [2.05, 4.69) is 76.6 Å². The summed E-state index contributed by atoms with van der Waals surface area (Å²) in [6.07, 6.45) is 2.18. The summed E-state index contributed by atoms with van der Waals surface area (Å²) in [5, 5.41) is 6.52. The zero-order chi connectivity index (χ0) is 16.5. The molecule has 2 aromatic heterocycles. The van der Waals surface area contributed by atoms with Crippen molar-refractivity contribution < 1.29 is 0 Å². The van der Waals surface area contributed by atoms with Crippen molar-refractivity contribution in [1.82, 2.24) is 14.5 Å². The van der Waals surface area contributed by atoms with Gasteiger partial charge in [-0.25, -0.2) is 4.98 Å². The van der Waals surface area contributed by atoms with Crippen LogP contribution in [0.3, 0.4) is 0 Å². The van der Waals surface area contributed by atoms with Crippen LogP contribution >= 0.6 is 11.3 Å². The molecular formula is C19H22N4S. The number of hydrogen-bond acceptors (Lipinski definition) is 4. The number of aromatic nitrogens is 2. The average Bonchev–Trinajstić information content (AvgIpc) is 3.22. The number of nitrogens with zero attached hydrogens (tertiary/aromatic N) is 3. The standard InChI is InChI=1S/C19H22N4S/c1-14-5-7-16(8-6-14)20-19-21-17(13-24-19)12-23-11-10-22-9-3-4-18(22)15(23)2/h3-9,13,15H,10-12H2,1-2H3,(H,20,21). The van der Waals surface area contributed by atoms with E-state index in [0.29, 0.717) is 6.04 Å². The molecule has 0 bridgehead atoms. The summed E-state index contributed by atoms with van der Waals surface area (Å²) in [5.74, 6) is 0. The van der Waals surface area contributed by atoms with Gasteiger partial charge in [-0.1, -0.05) is 17.7 Å². The van der Waals surface area contributed by atoms with E-state index in [9.17, 15) is 0 Å². The lowest BCUT2D eigenvalue weighted by Crippen LogP contribution is -2.35. The number of fused-ring (bicyclic) bond motifs is 1. The highest BCUT2D eigenvalue weighted by atomic mass is 32.1. The lowest BCUT2D eigenvalue weighted by atomic mass is 10.1. The number of nitrogens with one attached hydrogen (secondary N) is 1. The largest absolute Gasteiger partial charge is 0.349 e. The van der Waals surface area contributed by atoms with Crippen molar-refractivity contribution in [2.24, 2.45) is 0 Å². The Bertz CT molecular complexity index is 818. The first kappa shape index (κ1) is 15.4. The van der Waals surface area contributed by atoms with Gasteiger partial charge in [0.1, 0.15) is 0 Å². The molecule has 0 saturated carbocycles. The van der Waals surface area contributed by atoms with Gasteiger partial charge in [0.2, 0.25) is 0 Å². The lowest BCUT2D eigenvalue weighted by Gasteiger charge is -2.34. The summed E-state index contributed by atoms with van der Waals surface area (Å²) in [4.78, 5) is 7.26. The first-order chi connectivity index (χ1) is 11.7. The molecule has 4 nitrogen and oxygen atoms in total. The third kappa shape index (κ3) is 3.09. The number of hydrogen-bond donors (Lipinski definition) is 1. The van der Waals surface area contributed by atoms with Crippen LogP contribution < -0.4 is 5.32 Å². The molecule has 124 valence electrons. The normalized spacial score (nSPS) is 17.7.